The van der Waals surface area contributed by atoms with Gasteiger partial charge in [0.2, 0.25) is 5.28 Å². The zero-order valence-electron chi connectivity index (χ0n) is 12.1. The first-order chi connectivity index (χ1) is 9.33. The van der Waals surface area contributed by atoms with E-state index in [-0.39, 0.29) is 5.97 Å². The van der Waals surface area contributed by atoms with Crippen molar-refractivity contribution < 1.29 is 9.53 Å². The minimum Gasteiger partial charge on any atom is -0.460 e. The van der Waals surface area contributed by atoms with Gasteiger partial charge in [-0.05, 0) is 32.4 Å². The van der Waals surface area contributed by atoms with Crippen molar-refractivity contribution in [1.82, 2.24) is 14.9 Å². The lowest BCUT2D eigenvalue weighted by molar-refractivity contribution is -0.155. The number of ether oxygens (including phenoxy) is 1. The summed E-state index contributed by atoms with van der Waals surface area (Å²) in [6.07, 6.45) is 3.01. The Bertz CT molecular complexity index is 500. The van der Waals surface area contributed by atoms with E-state index < -0.39 is 5.60 Å². The molecule has 0 spiro atoms. The average molecular weight is 298 g/mol. The van der Waals surface area contributed by atoms with Crippen molar-refractivity contribution in [3.05, 3.63) is 22.7 Å². The number of carbonyl (C=O) groups excluding carboxylic acids is 1. The van der Waals surface area contributed by atoms with E-state index in [0.29, 0.717) is 18.2 Å². The smallest absolute Gasteiger partial charge is 0.307 e. The maximum Gasteiger partial charge on any atom is 0.307 e. The van der Waals surface area contributed by atoms with Crippen molar-refractivity contribution in [3.63, 3.8) is 0 Å². The molecule has 0 saturated carbocycles. The summed E-state index contributed by atoms with van der Waals surface area (Å²) in [7, 11) is 0. The number of carbonyl (C=O) groups is 1. The average Bonchev–Trinajstić information content (AvgIpc) is 2.34. The third kappa shape index (κ3) is 4.42. The van der Waals surface area contributed by atoms with E-state index in [9.17, 15) is 4.79 Å². The van der Waals surface area contributed by atoms with Crippen LogP contribution in [0.3, 0.4) is 0 Å². The van der Waals surface area contributed by atoms with Crippen LogP contribution in [0.1, 0.15) is 38.4 Å². The van der Waals surface area contributed by atoms with Gasteiger partial charge in [-0.3, -0.25) is 9.69 Å². The van der Waals surface area contributed by atoms with Crippen molar-refractivity contribution in [1.29, 1.82) is 0 Å². The summed E-state index contributed by atoms with van der Waals surface area (Å²) in [5.41, 5.74) is 1.68. The number of rotatable bonds is 3. The van der Waals surface area contributed by atoms with Gasteiger partial charge >= 0.3 is 5.97 Å². The molecule has 6 heteroatoms. The van der Waals surface area contributed by atoms with Crippen LogP contribution >= 0.6 is 11.6 Å². The van der Waals surface area contributed by atoms with Crippen molar-refractivity contribution in [2.24, 2.45) is 0 Å². The lowest BCUT2D eigenvalue weighted by atomic mass is 10.1. The molecule has 0 fully saturated rings. The molecule has 2 rings (SSSR count). The highest BCUT2D eigenvalue weighted by molar-refractivity contribution is 6.28. The fourth-order valence-corrected chi connectivity index (χ4v) is 2.33. The summed E-state index contributed by atoms with van der Waals surface area (Å²) in [6, 6.07) is 0. The van der Waals surface area contributed by atoms with Crippen molar-refractivity contribution in [3.8, 4) is 0 Å². The van der Waals surface area contributed by atoms with Crippen LogP contribution in [0.25, 0.3) is 0 Å². The minimum absolute atomic E-state index is 0.157. The van der Waals surface area contributed by atoms with Crippen molar-refractivity contribution >= 4 is 17.6 Å². The first-order valence-corrected chi connectivity index (χ1v) is 7.16. The van der Waals surface area contributed by atoms with Gasteiger partial charge in [0.05, 0.1) is 12.1 Å². The van der Waals surface area contributed by atoms with Gasteiger partial charge in [0, 0.05) is 37.8 Å². The molecule has 0 radical (unpaired) electrons. The molecule has 1 aliphatic heterocycles. The molecule has 0 N–H and O–H groups in total. The number of esters is 1. The van der Waals surface area contributed by atoms with Crippen LogP contribution in [-0.2, 0) is 22.5 Å². The summed E-state index contributed by atoms with van der Waals surface area (Å²) in [6.45, 7) is 7.96. The fraction of sp³-hybridized carbons (Fsp3) is 0.643. The highest BCUT2D eigenvalue weighted by atomic mass is 35.5. The maximum absolute atomic E-state index is 11.7. The fourth-order valence-electron chi connectivity index (χ4n) is 2.18. The van der Waals surface area contributed by atoms with Gasteiger partial charge in [0.1, 0.15) is 5.60 Å². The Labute approximate surface area is 124 Å². The van der Waals surface area contributed by atoms with Crippen LogP contribution in [0.5, 0.6) is 0 Å². The normalized spacial score (nSPS) is 15.8. The summed E-state index contributed by atoms with van der Waals surface area (Å²) in [5.74, 6) is -0.157. The second-order valence-corrected chi connectivity index (χ2v) is 6.31. The summed E-state index contributed by atoms with van der Waals surface area (Å²) < 4.78 is 5.31. The molecule has 20 heavy (non-hydrogen) atoms. The summed E-state index contributed by atoms with van der Waals surface area (Å²) >= 11 is 5.78. The summed E-state index contributed by atoms with van der Waals surface area (Å²) in [4.78, 5) is 22.1. The van der Waals surface area contributed by atoms with E-state index in [0.717, 1.165) is 30.8 Å². The van der Waals surface area contributed by atoms with E-state index in [2.05, 4.69) is 14.9 Å². The van der Waals surface area contributed by atoms with Crippen molar-refractivity contribution in [2.75, 3.05) is 13.1 Å². The molecule has 0 atom stereocenters. The van der Waals surface area contributed by atoms with Crippen LogP contribution in [0.2, 0.25) is 5.28 Å². The summed E-state index contributed by atoms with van der Waals surface area (Å²) in [5, 5.41) is 0.297. The molecular formula is C14H20ClN3O2. The third-order valence-electron chi connectivity index (χ3n) is 3.04. The van der Waals surface area contributed by atoms with Gasteiger partial charge in [0.25, 0.3) is 0 Å². The highest BCUT2D eigenvalue weighted by Gasteiger charge is 2.20. The highest BCUT2D eigenvalue weighted by Crippen LogP contribution is 2.18. The lowest BCUT2D eigenvalue weighted by Gasteiger charge is -2.28. The molecule has 0 bridgehead atoms. The first-order valence-electron chi connectivity index (χ1n) is 6.78. The number of nitrogens with zero attached hydrogens (tertiary/aromatic N) is 3. The molecule has 110 valence electrons. The monoisotopic (exact) mass is 297 g/mol. The largest absolute Gasteiger partial charge is 0.460 e. The number of hydrogen-bond acceptors (Lipinski definition) is 5. The van der Waals surface area contributed by atoms with Gasteiger partial charge < -0.3 is 4.74 Å². The maximum atomic E-state index is 11.7. The molecule has 0 amide bonds. The molecule has 0 aromatic carbocycles. The molecular weight excluding hydrogens is 278 g/mol. The van der Waals surface area contributed by atoms with Crippen LogP contribution < -0.4 is 0 Å². The number of halogens is 1. The molecule has 5 nitrogen and oxygen atoms in total. The van der Waals surface area contributed by atoms with Gasteiger partial charge in [-0.15, -0.1) is 0 Å². The first kappa shape index (κ1) is 15.2. The Balaban J connectivity index is 1.85. The molecule has 0 unspecified atom stereocenters. The number of fused-ring (bicyclic) bond motifs is 1. The van der Waals surface area contributed by atoms with E-state index in [1.807, 2.05) is 20.8 Å². The van der Waals surface area contributed by atoms with Crippen LogP contribution in [0.4, 0.5) is 0 Å². The standard InChI is InChI=1S/C14H20ClN3O2/c1-14(2,3)20-12(19)5-7-18-6-4-11-10(9-18)8-16-13(15)17-11/h8H,4-7,9H2,1-3H3. The Morgan fingerprint density at radius 2 is 2.25 bits per heavy atom. The Morgan fingerprint density at radius 3 is 2.95 bits per heavy atom. The van der Waals surface area contributed by atoms with Gasteiger partial charge in [-0.25, -0.2) is 9.97 Å². The molecule has 1 aromatic rings. The molecule has 0 saturated heterocycles. The number of hydrogen-bond donors (Lipinski definition) is 0. The third-order valence-corrected chi connectivity index (χ3v) is 3.22. The van der Waals surface area contributed by atoms with E-state index in [1.54, 1.807) is 6.20 Å². The van der Waals surface area contributed by atoms with Crippen LogP contribution in [0, 0.1) is 0 Å². The zero-order chi connectivity index (χ0) is 14.8. The van der Waals surface area contributed by atoms with Gasteiger partial charge in [-0.2, -0.15) is 0 Å². The number of aromatic nitrogens is 2. The SMILES string of the molecule is CC(C)(C)OC(=O)CCN1CCc2nc(Cl)ncc2C1. The Morgan fingerprint density at radius 1 is 1.50 bits per heavy atom. The van der Waals surface area contributed by atoms with E-state index >= 15 is 0 Å². The second-order valence-electron chi connectivity index (χ2n) is 5.97. The van der Waals surface area contributed by atoms with Crippen molar-refractivity contribution in [2.45, 2.75) is 45.8 Å². The lowest BCUT2D eigenvalue weighted by Crippen LogP contribution is -2.34. The molecule has 2 heterocycles. The topological polar surface area (TPSA) is 55.3 Å². The Hall–Kier alpha value is -1.20. The minimum atomic E-state index is -0.420. The molecule has 1 aromatic heterocycles. The Kier molecular flexibility index (Phi) is 4.60. The second kappa shape index (κ2) is 6.06. The molecule has 1 aliphatic rings. The van der Waals surface area contributed by atoms with Gasteiger partial charge in [0.15, 0.2) is 0 Å². The predicted molar refractivity (Wildman–Crippen MR) is 76.5 cm³/mol. The predicted octanol–water partition coefficient (Wildman–Crippen LogP) is 2.22. The zero-order valence-corrected chi connectivity index (χ0v) is 12.9. The molecule has 0 aliphatic carbocycles. The van der Waals surface area contributed by atoms with Crippen LogP contribution in [0.15, 0.2) is 6.20 Å². The quantitative estimate of drug-likeness (QED) is 0.632. The van der Waals surface area contributed by atoms with E-state index in [4.69, 9.17) is 16.3 Å². The van der Waals surface area contributed by atoms with Gasteiger partial charge in [-0.1, -0.05) is 0 Å². The van der Waals surface area contributed by atoms with Crippen LogP contribution in [-0.4, -0.2) is 39.5 Å². The van der Waals surface area contributed by atoms with E-state index in [1.165, 1.54) is 0 Å².